The van der Waals surface area contributed by atoms with E-state index >= 15 is 0 Å². The van der Waals surface area contributed by atoms with Crippen molar-refractivity contribution in [1.82, 2.24) is 0 Å². The van der Waals surface area contributed by atoms with Gasteiger partial charge in [-0.25, -0.2) is 0 Å². The molecule has 0 aromatic heterocycles. The summed E-state index contributed by atoms with van der Waals surface area (Å²) in [5.74, 6) is 0.832. The van der Waals surface area contributed by atoms with Crippen molar-refractivity contribution in [2.24, 2.45) is 5.92 Å². The zero-order valence-electron chi connectivity index (χ0n) is 9.85. The molecule has 0 saturated carbocycles. The van der Waals surface area contributed by atoms with Crippen LogP contribution in [0, 0.1) is 5.92 Å². The number of carbonyl (C=O) groups is 1. The Hall–Kier alpha value is -1.15. The summed E-state index contributed by atoms with van der Waals surface area (Å²) in [7, 11) is 0. The van der Waals surface area contributed by atoms with Crippen molar-refractivity contribution in [3.05, 3.63) is 35.9 Å². The van der Waals surface area contributed by atoms with Crippen LogP contribution in [-0.2, 0) is 4.74 Å². The Morgan fingerprint density at radius 3 is 2.56 bits per heavy atom. The Balaban J connectivity index is 1.82. The molecule has 2 atom stereocenters. The minimum atomic E-state index is 0.162. The van der Waals surface area contributed by atoms with Gasteiger partial charge in [-0.05, 0) is 12.3 Å². The molecule has 1 aliphatic rings. The van der Waals surface area contributed by atoms with Crippen molar-refractivity contribution in [2.75, 3.05) is 0 Å². The van der Waals surface area contributed by atoms with Gasteiger partial charge in [0.2, 0.25) is 0 Å². The monoisotopic (exact) mass is 218 g/mol. The van der Waals surface area contributed by atoms with E-state index in [-0.39, 0.29) is 11.9 Å². The second kappa shape index (κ2) is 4.79. The Morgan fingerprint density at radius 2 is 1.94 bits per heavy atom. The Kier molecular flexibility index (Phi) is 3.39. The molecule has 1 fully saturated rings. The molecule has 0 spiro atoms. The smallest absolute Gasteiger partial charge is 0.165 e. The number of Topliss-reactive ketones (excluding diaryl/α,β-unsaturated/α-hetero) is 1. The molecule has 0 amide bonds. The first-order chi connectivity index (χ1) is 7.66. The second-order valence-electron chi connectivity index (χ2n) is 4.84. The van der Waals surface area contributed by atoms with E-state index in [0.717, 1.165) is 12.0 Å². The van der Waals surface area contributed by atoms with Crippen molar-refractivity contribution < 1.29 is 9.53 Å². The lowest BCUT2D eigenvalue weighted by Gasteiger charge is -2.00. The summed E-state index contributed by atoms with van der Waals surface area (Å²) >= 11 is 0. The summed E-state index contributed by atoms with van der Waals surface area (Å²) in [6.45, 7) is 4.36. The Bertz CT molecular complexity index is 356. The van der Waals surface area contributed by atoms with Crippen molar-refractivity contribution in [3.8, 4) is 0 Å². The topological polar surface area (TPSA) is 29.6 Å². The highest BCUT2D eigenvalue weighted by molar-refractivity contribution is 5.96. The van der Waals surface area contributed by atoms with Crippen LogP contribution in [0.2, 0.25) is 0 Å². The Labute approximate surface area is 96.6 Å². The van der Waals surface area contributed by atoms with Crippen LogP contribution in [0.15, 0.2) is 30.3 Å². The largest absolute Gasteiger partial charge is 0.369 e. The number of ketones is 1. The first kappa shape index (κ1) is 11.3. The van der Waals surface area contributed by atoms with Gasteiger partial charge in [-0.2, -0.15) is 0 Å². The maximum Gasteiger partial charge on any atom is 0.165 e. The maximum absolute atomic E-state index is 11.8. The zero-order valence-corrected chi connectivity index (χ0v) is 9.85. The van der Waals surface area contributed by atoms with E-state index in [1.807, 2.05) is 30.3 Å². The number of hydrogen-bond donors (Lipinski definition) is 0. The van der Waals surface area contributed by atoms with Crippen molar-refractivity contribution in [2.45, 2.75) is 38.9 Å². The fourth-order valence-electron chi connectivity index (χ4n) is 1.96. The molecule has 1 saturated heterocycles. The average Bonchev–Trinajstić information content (AvgIpc) is 2.96. The number of benzene rings is 1. The van der Waals surface area contributed by atoms with Gasteiger partial charge in [0.1, 0.15) is 0 Å². The Morgan fingerprint density at radius 1 is 1.25 bits per heavy atom. The predicted octanol–water partition coefficient (Wildman–Crippen LogP) is 3.07. The third kappa shape index (κ3) is 2.92. The molecule has 1 heterocycles. The predicted molar refractivity (Wildman–Crippen MR) is 63.5 cm³/mol. The molecule has 2 rings (SSSR count). The zero-order chi connectivity index (χ0) is 11.5. The average molecular weight is 218 g/mol. The van der Waals surface area contributed by atoms with Gasteiger partial charge in [0.25, 0.3) is 0 Å². The van der Waals surface area contributed by atoms with E-state index < -0.39 is 0 Å². The quantitative estimate of drug-likeness (QED) is 0.561. The fraction of sp³-hybridized carbons (Fsp3) is 0.500. The maximum atomic E-state index is 11.8. The number of hydrogen-bond acceptors (Lipinski definition) is 2. The van der Waals surface area contributed by atoms with E-state index in [4.69, 9.17) is 4.74 Å². The standard InChI is InChI=1S/C14H18O2/c1-10(2)8-13-14(16-13)9-12(15)11-6-4-3-5-7-11/h3-7,10,13-14H,8-9H2,1-2H3. The minimum Gasteiger partial charge on any atom is -0.369 e. The summed E-state index contributed by atoms with van der Waals surface area (Å²) in [5, 5.41) is 0. The molecule has 2 heteroatoms. The normalized spacial score (nSPS) is 23.4. The van der Waals surface area contributed by atoms with Gasteiger partial charge in [0, 0.05) is 12.0 Å². The molecule has 16 heavy (non-hydrogen) atoms. The molecule has 0 aliphatic carbocycles. The summed E-state index contributed by atoms with van der Waals surface area (Å²) in [4.78, 5) is 11.8. The van der Waals surface area contributed by atoms with Gasteiger partial charge in [-0.1, -0.05) is 44.2 Å². The van der Waals surface area contributed by atoms with Crippen LogP contribution in [0.3, 0.4) is 0 Å². The molecule has 0 bridgehead atoms. The third-order valence-electron chi connectivity index (χ3n) is 2.87. The van der Waals surface area contributed by atoms with Crippen LogP contribution in [0.5, 0.6) is 0 Å². The molecule has 1 aromatic carbocycles. The number of epoxide rings is 1. The number of carbonyl (C=O) groups excluding carboxylic acids is 1. The summed E-state index contributed by atoms with van der Waals surface area (Å²) < 4.78 is 5.50. The van der Waals surface area contributed by atoms with E-state index in [2.05, 4.69) is 13.8 Å². The fourth-order valence-corrected chi connectivity index (χ4v) is 1.96. The highest BCUT2D eigenvalue weighted by Crippen LogP contribution is 2.31. The molecule has 0 radical (unpaired) electrons. The van der Waals surface area contributed by atoms with Gasteiger partial charge in [-0.15, -0.1) is 0 Å². The van der Waals surface area contributed by atoms with Crippen molar-refractivity contribution >= 4 is 5.78 Å². The minimum absolute atomic E-state index is 0.162. The van der Waals surface area contributed by atoms with Crippen LogP contribution in [0.1, 0.15) is 37.0 Å². The van der Waals surface area contributed by atoms with Crippen LogP contribution in [0.25, 0.3) is 0 Å². The summed E-state index contributed by atoms with van der Waals surface area (Å²) in [5.41, 5.74) is 0.793. The van der Waals surface area contributed by atoms with Crippen LogP contribution < -0.4 is 0 Å². The molecule has 1 aromatic rings. The van der Waals surface area contributed by atoms with Crippen molar-refractivity contribution in [3.63, 3.8) is 0 Å². The SMILES string of the molecule is CC(C)CC1OC1CC(=O)c1ccccc1. The van der Waals surface area contributed by atoms with Gasteiger partial charge in [-0.3, -0.25) is 4.79 Å². The van der Waals surface area contributed by atoms with E-state index in [0.29, 0.717) is 18.4 Å². The van der Waals surface area contributed by atoms with E-state index in [1.165, 1.54) is 0 Å². The van der Waals surface area contributed by atoms with Crippen LogP contribution in [0.4, 0.5) is 0 Å². The molecular formula is C14H18O2. The third-order valence-corrected chi connectivity index (χ3v) is 2.87. The number of rotatable bonds is 5. The summed E-state index contributed by atoms with van der Waals surface area (Å²) in [6, 6.07) is 9.44. The van der Waals surface area contributed by atoms with Crippen molar-refractivity contribution in [1.29, 1.82) is 0 Å². The summed E-state index contributed by atoms with van der Waals surface area (Å²) in [6.07, 6.45) is 2.07. The van der Waals surface area contributed by atoms with E-state index in [9.17, 15) is 4.79 Å². The van der Waals surface area contributed by atoms with Gasteiger partial charge in [0.05, 0.1) is 12.2 Å². The highest BCUT2D eigenvalue weighted by atomic mass is 16.6. The molecule has 0 N–H and O–H groups in total. The molecule has 2 nitrogen and oxygen atoms in total. The lowest BCUT2D eigenvalue weighted by molar-refractivity contribution is 0.0972. The molecule has 1 aliphatic heterocycles. The molecule has 2 unspecified atom stereocenters. The van der Waals surface area contributed by atoms with E-state index in [1.54, 1.807) is 0 Å². The molecular weight excluding hydrogens is 200 g/mol. The van der Waals surface area contributed by atoms with Crippen LogP contribution in [-0.4, -0.2) is 18.0 Å². The van der Waals surface area contributed by atoms with Gasteiger partial charge < -0.3 is 4.74 Å². The highest BCUT2D eigenvalue weighted by Gasteiger charge is 2.40. The lowest BCUT2D eigenvalue weighted by Crippen LogP contribution is -2.06. The second-order valence-corrected chi connectivity index (χ2v) is 4.84. The van der Waals surface area contributed by atoms with Crippen LogP contribution >= 0.6 is 0 Å². The number of ether oxygens (including phenoxy) is 1. The molecule has 86 valence electrons. The lowest BCUT2D eigenvalue weighted by atomic mass is 10.0. The van der Waals surface area contributed by atoms with Gasteiger partial charge >= 0.3 is 0 Å². The first-order valence-electron chi connectivity index (χ1n) is 5.90. The first-order valence-corrected chi connectivity index (χ1v) is 5.90. The van der Waals surface area contributed by atoms with Gasteiger partial charge in [0.15, 0.2) is 5.78 Å².